The van der Waals surface area contributed by atoms with E-state index >= 15 is 0 Å². The van der Waals surface area contributed by atoms with E-state index in [2.05, 4.69) is 127 Å². The lowest BCUT2D eigenvalue weighted by molar-refractivity contribution is 1.15. The first-order valence-corrected chi connectivity index (χ1v) is 12.9. The van der Waals surface area contributed by atoms with Gasteiger partial charge in [-0.25, -0.2) is 0 Å². The van der Waals surface area contributed by atoms with Crippen molar-refractivity contribution in [3.05, 3.63) is 138 Å². The topological polar surface area (TPSA) is 4.93 Å². The summed E-state index contributed by atoms with van der Waals surface area (Å²) >= 11 is 6.15. The van der Waals surface area contributed by atoms with Gasteiger partial charge in [-0.15, -0.1) is 0 Å². The van der Waals surface area contributed by atoms with Crippen LogP contribution in [0.3, 0.4) is 0 Å². The lowest BCUT2D eigenvalue weighted by Crippen LogP contribution is -2.00. The minimum atomic E-state index is 0.752. The zero-order valence-corrected chi connectivity index (χ0v) is 21.2. The molecular formula is C35H24ClN. The van der Waals surface area contributed by atoms with E-state index in [1.165, 1.54) is 60.5 Å². The molecule has 7 rings (SSSR count). The van der Waals surface area contributed by atoms with Crippen molar-refractivity contribution in [1.82, 2.24) is 4.57 Å². The molecule has 0 aliphatic heterocycles. The van der Waals surface area contributed by atoms with Gasteiger partial charge in [-0.05, 0) is 76.3 Å². The molecule has 0 aliphatic rings. The fourth-order valence-corrected chi connectivity index (χ4v) is 5.71. The number of halogens is 1. The quantitative estimate of drug-likeness (QED) is 0.230. The Hall–Kier alpha value is -4.33. The molecule has 2 heteroatoms. The van der Waals surface area contributed by atoms with Crippen molar-refractivity contribution < 1.29 is 0 Å². The SMILES string of the molecule is Cc1cccc(-c2ccc3ccccc3c2)c1-n1c2ccccc2c2cc(-c3ccc(Cl)cc3)ccc21. The number of aromatic nitrogens is 1. The molecule has 7 aromatic rings. The summed E-state index contributed by atoms with van der Waals surface area (Å²) in [5.41, 5.74) is 9.69. The molecule has 0 N–H and O–H groups in total. The van der Waals surface area contributed by atoms with Gasteiger partial charge in [0.25, 0.3) is 0 Å². The molecule has 0 bridgehead atoms. The molecule has 37 heavy (non-hydrogen) atoms. The van der Waals surface area contributed by atoms with Crippen LogP contribution in [0, 0.1) is 6.92 Å². The minimum Gasteiger partial charge on any atom is -0.308 e. The lowest BCUT2D eigenvalue weighted by atomic mass is 9.97. The second-order valence-electron chi connectivity index (χ2n) is 9.62. The molecule has 0 radical (unpaired) electrons. The third-order valence-electron chi connectivity index (χ3n) is 7.37. The first-order valence-electron chi connectivity index (χ1n) is 12.6. The summed E-state index contributed by atoms with van der Waals surface area (Å²) in [6.07, 6.45) is 0. The van der Waals surface area contributed by atoms with E-state index in [-0.39, 0.29) is 0 Å². The van der Waals surface area contributed by atoms with Crippen LogP contribution in [-0.2, 0) is 0 Å². The summed E-state index contributed by atoms with van der Waals surface area (Å²) in [5, 5.41) is 5.76. The van der Waals surface area contributed by atoms with Gasteiger partial charge in [0.2, 0.25) is 0 Å². The van der Waals surface area contributed by atoms with Crippen molar-refractivity contribution >= 4 is 44.2 Å². The smallest absolute Gasteiger partial charge is 0.0569 e. The maximum Gasteiger partial charge on any atom is 0.0569 e. The molecule has 6 aromatic carbocycles. The first-order chi connectivity index (χ1) is 18.2. The van der Waals surface area contributed by atoms with Gasteiger partial charge >= 0.3 is 0 Å². The molecule has 0 fully saturated rings. The fourth-order valence-electron chi connectivity index (χ4n) is 5.58. The molecule has 1 aromatic heterocycles. The summed E-state index contributed by atoms with van der Waals surface area (Å²) < 4.78 is 2.44. The Morgan fingerprint density at radius 3 is 2.08 bits per heavy atom. The van der Waals surface area contributed by atoms with E-state index in [1.54, 1.807) is 0 Å². The molecule has 1 heterocycles. The van der Waals surface area contributed by atoms with Gasteiger partial charge in [0, 0.05) is 21.4 Å². The predicted molar refractivity (Wildman–Crippen MR) is 159 cm³/mol. The van der Waals surface area contributed by atoms with Crippen LogP contribution in [0.5, 0.6) is 0 Å². The van der Waals surface area contributed by atoms with E-state index in [0.717, 1.165) is 10.6 Å². The maximum absolute atomic E-state index is 6.15. The van der Waals surface area contributed by atoms with Crippen molar-refractivity contribution in [2.45, 2.75) is 6.92 Å². The Bertz CT molecular complexity index is 1940. The highest BCUT2D eigenvalue weighted by Gasteiger charge is 2.18. The highest BCUT2D eigenvalue weighted by molar-refractivity contribution is 6.30. The van der Waals surface area contributed by atoms with Crippen LogP contribution in [-0.4, -0.2) is 4.57 Å². The number of hydrogen-bond donors (Lipinski definition) is 0. The molecule has 0 atom stereocenters. The highest BCUT2D eigenvalue weighted by atomic mass is 35.5. The van der Waals surface area contributed by atoms with Crippen LogP contribution in [0.25, 0.3) is 60.5 Å². The van der Waals surface area contributed by atoms with Crippen LogP contribution in [0.2, 0.25) is 5.02 Å². The number of benzene rings is 6. The maximum atomic E-state index is 6.15. The second-order valence-corrected chi connectivity index (χ2v) is 10.1. The number of nitrogens with zero attached hydrogens (tertiary/aromatic N) is 1. The minimum absolute atomic E-state index is 0.752. The third kappa shape index (κ3) is 3.63. The van der Waals surface area contributed by atoms with Crippen molar-refractivity contribution in [3.63, 3.8) is 0 Å². The average molecular weight is 494 g/mol. The van der Waals surface area contributed by atoms with Crippen LogP contribution in [0.15, 0.2) is 127 Å². The number of hydrogen-bond acceptors (Lipinski definition) is 0. The van der Waals surface area contributed by atoms with Gasteiger partial charge in [-0.1, -0.05) is 103 Å². The monoisotopic (exact) mass is 493 g/mol. The van der Waals surface area contributed by atoms with Gasteiger partial charge in [0.1, 0.15) is 0 Å². The van der Waals surface area contributed by atoms with E-state index in [9.17, 15) is 0 Å². The summed E-state index contributed by atoms with van der Waals surface area (Å²) in [4.78, 5) is 0. The summed E-state index contributed by atoms with van der Waals surface area (Å²) in [7, 11) is 0. The molecule has 0 amide bonds. The average Bonchev–Trinajstić information content (AvgIpc) is 3.26. The fraction of sp³-hybridized carbons (Fsp3) is 0.0286. The standard InChI is InChI=1S/C35H24ClN/c1-23-7-6-11-30(28-14-13-24-8-2-3-9-26(24)21-28)35(23)37-33-12-5-4-10-31(33)32-22-27(17-20-34(32)37)25-15-18-29(36)19-16-25/h2-22H,1H3. The van der Waals surface area contributed by atoms with Gasteiger partial charge < -0.3 is 4.57 Å². The van der Waals surface area contributed by atoms with Gasteiger partial charge in [0.15, 0.2) is 0 Å². The van der Waals surface area contributed by atoms with Crippen molar-refractivity contribution in [3.8, 4) is 27.9 Å². The molecule has 176 valence electrons. The Balaban J connectivity index is 1.51. The molecule has 1 nitrogen and oxygen atoms in total. The van der Waals surface area contributed by atoms with Crippen molar-refractivity contribution in [1.29, 1.82) is 0 Å². The van der Waals surface area contributed by atoms with Crippen molar-refractivity contribution in [2.75, 3.05) is 0 Å². The zero-order chi connectivity index (χ0) is 24.9. The van der Waals surface area contributed by atoms with Crippen molar-refractivity contribution in [2.24, 2.45) is 0 Å². The zero-order valence-electron chi connectivity index (χ0n) is 20.4. The number of para-hydroxylation sites is 2. The largest absolute Gasteiger partial charge is 0.308 e. The van der Waals surface area contributed by atoms with E-state index < -0.39 is 0 Å². The predicted octanol–water partition coefficient (Wildman–Crippen LogP) is 10.2. The number of aryl methyl sites for hydroxylation is 1. The Kier molecular flexibility index (Phi) is 5.13. The van der Waals surface area contributed by atoms with Crippen LogP contribution >= 0.6 is 11.6 Å². The van der Waals surface area contributed by atoms with Crippen LogP contribution in [0.4, 0.5) is 0 Å². The highest BCUT2D eigenvalue weighted by Crippen LogP contribution is 2.39. The first kappa shape index (κ1) is 21.9. The molecule has 0 saturated carbocycles. The third-order valence-corrected chi connectivity index (χ3v) is 7.62. The van der Waals surface area contributed by atoms with Gasteiger partial charge in [0.05, 0.1) is 16.7 Å². The lowest BCUT2D eigenvalue weighted by Gasteiger charge is -2.17. The van der Waals surface area contributed by atoms with Crippen LogP contribution < -0.4 is 0 Å². The summed E-state index contributed by atoms with van der Waals surface area (Å²) in [6.45, 7) is 2.21. The van der Waals surface area contributed by atoms with E-state index in [1.807, 2.05) is 12.1 Å². The van der Waals surface area contributed by atoms with Gasteiger partial charge in [-0.2, -0.15) is 0 Å². The second kappa shape index (κ2) is 8.65. The summed E-state index contributed by atoms with van der Waals surface area (Å²) in [6, 6.07) is 45.5. The molecule has 0 aliphatic carbocycles. The molecule has 0 unspecified atom stereocenters. The normalized spacial score (nSPS) is 11.5. The molecule has 0 spiro atoms. The van der Waals surface area contributed by atoms with Gasteiger partial charge in [-0.3, -0.25) is 0 Å². The Morgan fingerprint density at radius 1 is 0.514 bits per heavy atom. The number of fused-ring (bicyclic) bond motifs is 4. The van der Waals surface area contributed by atoms with Crippen LogP contribution in [0.1, 0.15) is 5.56 Å². The Morgan fingerprint density at radius 2 is 1.22 bits per heavy atom. The Labute approximate surface area is 221 Å². The van der Waals surface area contributed by atoms with E-state index in [4.69, 9.17) is 11.6 Å². The van der Waals surface area contributed by atoms with E-state index in [0.29, 0.717) is 0 Å². The molecular weight excluding hydrogens is 470 g/mol. The number of rotatable bonds is 3. The summed E-state index contributed by atoms with van der Waals surface area (Å²) in [5.74, 6) is 0. The molecule has 0 saturated heterocycles.